The zero-order chi connectivity index (χ0) is 15.4. The Balaban J connectivity index is 2.09. The van der Waals surface area contributed by atoms with Gasteiger partial charge in [-0.2, -0.15) is 0 Å². The van der Waals surface area contributed by atoms with E-state index in [1.807, 2.05) is 0 Å². The van der Waals surface area contributed by atoms with E-state index in [1.165, 1.54) is 7.11 Å². The highest BCUT2D eigenvalue weighted by molar-refractivity contribution is 5.31. The molecule has 7 nitrogen and oxygen atoms in total. The van der Waals surface area contributed by atoms with Gasteiger partial charge in [-0.05, 0) is 24.3 Å². The van der Waals surface area contributed by atoms with Gasteiger partial charge in [-0.15, -0.1) is 0 Å². The van der Waals surface area contributed by atoms with Gasteiger partial charge in [0.2, 0.25) is 6.29 Å². The number of aliphatic hydroxyl groups is 3. The molecule has 1 fully saturated rings. The number of hydrogen-bond donors (Lipinski definition) is 3. The molecule has 0 radical (unpaired) electrons. The first-order valence-corrected chi connectivity index (χ1v) is 6.56. The van der Waals surface area contributed by atoms with Crippen LogP contribution >= 0.6 is 0 Å². The molecular weight excluding hydrogens is 280 g/mol. The summed E-state index contributed by atoms with van der Waals surface area (Å²) < 4.78 is 21.0. The van der Waals surface area contributed by atoms with Crippen molar-refractivity contribution in [2.24, 2.45) is 0 Å². The van der Waals surface area contributed by atoms with E-state index >= 15 is 0 Å². The molecule has 0 amide bonds. The van der Waals surface area contributed by atoms with Crippen LogP contribution in [0.1, 0.15) is 0 Å². The summed E-state index contributed by atoms with van der Waals surface area (Å²) in [6, 6.07) is 6.73. The van der Waals surface area contributed by atoms with Crippen molar-refractivity contribution in [1.82, 2.24) is 0 Å². The first-order valence-electron chi connectivity index (χ1n) is 6.56. The first kappa shape index (κ1) is 16.0. The molecule has 7 heteroatoms. The van der Waals surface area contributed by atoms with Gasteiger partial charge >= 0.3 is 0 Å². The lowest BCUT2D eigenvalue weighted by atomic mass is 9.99. The molecule has 3 N–H and O–H groups in total. The molecule has 0 aromatic heterocycles. The van der Waals surface area contributed by atoms with Gasteiger partial charge in [-0.1, -0.05) is 0 Å². The number of rotatable bonds is 5. The molecule has 1 saturated heterocycles. The van der Waals surface area contributed by atoms with Gasteiger partial charge in [0, 0.05) is 7.11 Å². The lowest BCUT2D eigenvalue weighted by molar-refractivity contribution is -0.281. The van der Waals surface area contributed by atoms with E-state index in [0.29, 0.717) is 11.5 Å². The van der Waals surface area contributed by atoms with Gasteiger partial charge in [0.25, 0.3) is 0 Å². The fourth-order valence-corrected chi connectivity index (χ4v) is 2.22. The van der Waals surface area contributed by atoms with Crippen LogP contribution in [0.2, 0.25) is 0 Å². The van der Waals surface area contributed by atoms with Crippen molar-refractivity contribution in [3.8, 4) is 11.5 Å². The van der Waals surface area contributed by atoms with Gasteiger partial charge in [0.05, 0.1) is 13.7 Å². The SMILES string of the molecule is COc1ccc(OC2O[C@H](CO)[C@@H](O)[C@H](OC)[C@H]2O)cc1. The summed E-state index contributed by atoms with van der Waals surface area (Å²) >= 11 is 0. The summed E-state index contributed by atoms with van der Waals surface area (Å²) in [4.78, 5) is 0. The van der Waals surface area contributed by atoms with Crippen molar-refractivity contribution in [3.05, 3.63) is 24.3 Å². The molecule has 0 bridgehead atoms. The number of aliphatic hydroxyl groups excluding tert-OH is 3. The maximum atomic E-state index is 10.1. The van der Waals surface area contributed by atoms with Crippen molar-refractivity contribution < 1.29 is 34.3 Å². The average molecular weight is 300 g/mol. The van der Waals surface area contributed by atoms with Crippen molar-refractivity contribution in [1.29, 1.82) is 0 Å². The Kier molecular flexibility index (Phi) is 5.38. The van der Waals surface area contributed by atoms with Crippen molar-refractivity contribution in [3.63, 3.8) is 0 Å². The molecule has 2 rings (SSSR count). The van der Waals surface area contributed by atoms with Gasteiger partial charge in [0.1, 0.15) is 35.9 Å². The summed E-state index contributed by atoms with van der Waals surface area (Å²) in [5.74, 6) is 1.13. The van der Waals surface area contributed by atoms with Crippen LogP contribution in [0.4, 0.5) is 0 Å². The Hall–Kier alpha value is -1.38. The predicted molar refractivity (Wildman–Crippen MR) is 72.2 cm³/mol. The standard InChI is InChI=1S/C14H20O7/c1-18-8-3-5-9(6-4-8)20-14-12(17)13(19-2)11(16)10(7-15)21-14/h3-6,10-17H,7H2,1-2H3/t10-,11-,12-,13+,14?/m1/s1. The smallest absolute Gasteiger partial charge is 0.229 e. The number of benzene rings is 1. The molecular formula is C14H20O7. The largest absolute Gasteiger partial charge is 0.497 e. The third-order valence-electron chi connectivity index (χ3n) is 3.41. The fourth-order valence-electron chi connectivity index (χ4n) is 2.22. The first-order chi connectivity index (χ1) is 10.1. The van der Waals surface area contributed by atoms with Crippen LogP contribution in [0, 0.1) is 0 Å². The quantitative estimate of drug-likeness (QED) is 0.676. The molecule has 0 spiro atoms. The number of hydrogen-bond acceptors (Lipinski definition) is 7. The fraction of sp³-hybridized carbons (Fsp3) is 0.571. The Morgan fingerprint density at radius 2 is 1.67 bits per heavy atom. The molecule has 1 unspecified atom stereocenters. The van der Waals surface area contributed by atoms with Crippen LogP contribution in [0.25, 0.3) is 0 Å². The van der Waals surface area contributed by atoms with E-state index in [-0.39, 0.29) is 0 Å². The molecule has 5 atom stereocenters. The minimum absolute atomic E-state index is 0.407. The van der Waals surface area contributed by atoms with E-state index in [0.717, 1.165) is 0 Å². The Labute approximate surface area is 122 Å². The third-order valence-corrected chi connectivity index (χ3v) is 3.41. The van der Waals surface area contributed by atoms with E-state index < -0.39 is 37.3 Å². The highest BCUT2D eigenvalue weighted by Crippen LogP contribution is 2.26. The molecule has 0 saturated carbocycles. The van der Waals surface area contributed by atoms with Crippen LogP contribution in [-0.2, 0) is 9.47 Å². The second kappa shape index (κ2) is 7.06. The second-order valence-corrected chi connectivity index (χ2v) is 4.70. The lowest BCUT2D eigenvalue weighted by Crippen LogP contribution is -2.60. The molecule has 1 heterocycles. The van der Waals surface area contributed by atoms with E-state index in [1.54, 1.807) is 31.4 Å². The van der Waals surface area contributed by atoms with Crippen LogP contribution in [-0.4, -0.2) is 66.9 Å². The van der Waals surface area contributed by atoms with E-state index in [2.05, 4.69) is 0 Å². The van der Waals surface area contributed by atoms with Crippen molar-refractivity contribution in [2.75, 3.05) is 20.8 Å². The normalized spacial score (nSPS) is 32.7. The van der Waals surface area contributed by atoms with Gasteiger partial charge < -0.3 is 34.3 Å². The second-order valence-electron chi connectivity index (χ2n) is 4.70. The summed E-state index contributed by atoms with van der Waals surface area (Å²) in [5, 5.41) is 29.3. The number of methoxy groups -OCH3 is 2. The summed E-state index contributed by atoms with van der Waals surface area (Å²) in [7, 11) is 2.92. The van der Waals surface area contributed by atoms with Crippen LogP contribution in [0.3, 0.4) is 0 Å². The minimum Gasteiger partial charge on any atom is -0.497 e. The molecule has 118 valence electrons. The van der Waals surface area contributed by atoms with Crippen LogP contribution < -0.4 is 9.47 Å². The average Bonchev–Trinajstić information content (AvgIpc) is 2.51. The highest BCUT2D eigenvalue weighted by Gasteiger charge is 2.45. The highest BCUT2D eigenvalue weighted by atomic mass is 16.7. The molecule has 1 aliphatic rings. The zero-order valence-electron chi connectivity index (χ0n) is 11.9. The summed E-state index contributed by atoms with van der Waals surface area (Å²) in [5.41, 5.74) is 0. The summed E-state index contributed by atoms with van der Waals surface area (Å²) in [6.45, 7) is -0.407. The maximum Gasteiger partial charge on any atom is 0.229 e. The third kappa shape index (κ3) is 3.45. The monoisotopic (exact) mass is 300 g/mol. The van der Waals surface area contributed by atoms with E-state index in [9.17, 15) is 15.3 Å². The van der Waals surface area contributed by atoms with E-state index in [4.69, 9.17) is 18.9 Å². The molecule has 21 heavy (non-hydrogen) atoms. The van der Waals surface area contributed by atoms with Gasteiger partial charge in [-0.3, -0.25) is 0 Å². The molecule has 0 aliphatic carbocycles. The van der Waals surface area contributed by atoms with Gasteiger partial charge in [-0.25, -0.2) is 0 Å². The van der Waals surface area contributed by atoms with Crippen LogP contribution in [0.15, 0.2) is 24.3 Å². The van der Waals surface area contributed by atoms with Crippen molar-refractivity contribution >= 4 is 0 Å². The molecule has 1 aliphatic heterocycles. The van der Waals surface area contributed by atoms with Crippen molar-refractivity contribution in [2.45, 2.75) is 30.7 Å². The molecule has 1 aromatic carbocycles. The Morgan fingerprint density at radius 1 is 1.05 bits per heavy atom. The predicted octanol–water partition coefficient (Wildman–Crippen LogP) is -0.472. The molecule has 1 aromatic rings. The summed E-state index contributed by atoms with van der Waals surface area (Å²) in [6.07, 6.45) is -5.16. The lowest BCUT2D eigenvalue weighted by Gasteiger charge is -2.41. The Morgan fingerprint density at radius 3 is 2.19 bits per heavy atom. The van der Waals surface area contributed by atoms with Gasteiger partial charge in [0.15, 0.2) is 0 Å². The zero-order valence-corrected chi connectivity index (χ0v) is 11.9. The topological polar surface area (TPSA) is 97.6 Å². The Bertz CT molecular complexity index is 435. The minimum atomic E-state index is -1.19. The maximum absolute atomic E-state index is 10.1. The number of ether oxygens (including phenoxy) is 4. The van der Waals surface area contributed by atoms with Crippen LogP contribution in [0.5, 0.6) is 11.5 Å².